The van der Waals surface area contributed by atoms with Gasteiger partial charge in [-0.1, -0.05) is 6.92 Å². The van der Waals surface area contributed by atoms with Crippen LogP contribution < -0.4 is 10.6 Å². The summed E-state index contributed by atoms with van der Waals surface area (Å²) in [7, 11) is 0. The normalized spacial score (nSPS) is 12.0. The predicted octanol–water partition coefficient (Wildman–Crippen LogP) is 1.91. The molecular weight excluding hydrogens is 310 g/mol. The van der Waals surface area contributed by atoms with E-state index >= 15 is 0 Å². The molecule has 0 radical (unpaired) electrons. The van der Waals surface area contributed by atoms with Gasteiger partial charge < -0.3 is 15.2 Å². The van der Waals surface area contributed by atoms with E-state index in [0.717, 1.165) is 10.9 Å². The van der Waals surface area contributed by atoms with E-state index in [-0.39, 0.29) is 11.8 Å². The molecule has 1 unspecified atom stereocenters. The van der Waals surface area contributed by atoms with Gasteiger partial charge in [-0.3, -0.25) is 9.59 Å². The number of hydrogen-bond donors (Lipinski definition) is 2. The lowest BCUT2D eigenvalue weighted by Crippen LogP contribution is -2.45. The van der Waals surface area contributed by atoms with Gasteiger partial charge in [-0.15, -0.1) is 0 Å². The maximum absolute atomic E-state index is 12.1. The Balaban J connectivity index is 2.66. The summed E-state index contributed by atoms with van der Waals surface area (Å²) < 4.78 is 2.68. The van der Waals surface area contributed by atoms with Gasteiger partial charge in [0.2, 0.25) is 5.91 Å². The Morgan fingerprint density at radius 2 is 2.11 bits per heavy atom. The zero-order chi connectivity index (χ0) is 14.4. The van der Waals surface area contributed by atoms with Crippen LogP contribution in [-0.2, 0) is 11.3 Å². The lowest BCUT2D eigenvalue weighted by Gasteiger charge is -2.14. The van der Waals surface area contributed by atoms with Crippen molar-refractivity contribution in [3.8, 4) is 0 Å². The van der Waals surface area contributed by atoms with E-state index in [9.17, 15) is 9.59 Å². The van der Waals surface area contributed by atoms with Crippen molar-refractivity contribution in [2.24, 2.45) is 0 Å². The summed E-state index contributed by atoms with van der Waals surface area (Å²) in [5.41, 5.74) is 0.546. The highest BCUT2D eigenvalue weighted by Gasteiger charge is 2.18. The predicted molar refractivity (Wildman–Crippen MR) is 78.0 cm³/mol. The lowest BCUT2D eigenvalue weighted by atomic mass is 10.3. The fourth-order valence-corrected chi connectivity index (χ4v) is 2.13. The van der Waals surface area contributed by atoms with Gasteiger partial charge >= 0.3 is 0 Å². The molecule has 1 atom stereocenters. The van der Waals surface area contributed by atoms with Gasteiger partial charge in [0, 0.05) is 23.8 Å². The van der Waals surface area contributed by atoms with Crippen LogP contribution in [-0.4, -0.2) is 29.0 Å². The van der Waals surface area contributed by atoms with Crippen molar-refractivity contribution in [1.82, 2.24) is 15.2 Å². The first-order chi connectivity index (χ1) is 8.99. The van der Waals surface area contributed by atoms with E-state index in [4.69, 9.17) is 0 Å². The highest BCUT2D eigenvalue weighted by molar-refractivity contribution is 9.10. The summed E-state index contributed by atoms with van der Waals surface area (Å²) in [6, 6.07) is 1.20. The maximum Gasteiger partial charge on any atom is 0.268 e. The van der Waals surface area contributed by atoms with Crippen LogP contribution in [0.1, 0.15) is 37.7 Å². The van der Waals surface area contributed by atoms with Crippen LogP contribution in [0.3, 0.4) is 0 Å². The molecule has 1 aromatic heterocycles. The van der Waals surface area contributed by atoms with Gasteiger partial charge in [-0.05, 0) is 42.3 Å². The van der Waals surface area contributed by atoms with Gasteiger partial charge in [-0.25, -0.2) is 0 Å². The maximum atomic E-state index is 12.1. The molecule has 1 heterocycles. The molecule has 2 N–H and O–H groups in total. The number of nitrogens with one attached hydrogen (secondary N) is 2. The third kappa shape index (κ3) is 4.38. The third-order valence-electron chi connectivity index (χ3n) is 2.73. The first-order valence-corrected chi connectivity index (χ1v) is 7.23. The van der Waals surface area contributed by atoms with Crippen molar-refractivity contribution >= 4 is 27.7 Å². The number of aromatic nitrogens is 1. The molecule has 0 aliphatic carbocycles. The highest BCUT2D eigenvalue weighted by Crippen LogP contribution is 2.15. The molecule has 106 valence electrons. The Morgan fingerprint density at radius 3 is 2.68 bits per heavy atom. The molecule has 0 aromatic carbocycles. The fraction of sp³-hybridized carbons (Fsp3) is 0.538. The van der Waals surface area contributed by atoms with E-state index in [2.05, 4.69) is 26.6 Å². The van der Waals surface area contributed by atoms with Crippen molar-refractivity contribution in [3.05, 3.63) is 22.4 Å². The van der Waals surface area contributed by atoms with E-state index in [0.29, 0.717) is 18.8 Å². The molecule has 1 aromatic rings. The first kappa shape index (κ1) is 15.8. The van der Waals surface area contributed by atoms with Gasteiger partial charge in [0.25, 0.3) is 5.91 Å². The second-order valence-electron chi connectivity index (χ2n) is 4.32. The molecule has 0 saturated carbocycles. The van der Waals surface area contributed by atoms with E-state index in [1.54, 1.807) is 13.0 Å². The molecular formula is C13H20BrN3O2. The Morgan fingerprint density at radius 1 is 1.42 bits per heavy atom. The molecule has 6 heteroatoms. The van der Waals surface area contributed by atoms with Crippen molar-refractivity contribution in [3.63, 3.8) is 0 Å². The average molecular weight is 330 g/mol. The summed E-state index contributed by atoms with van der Waals surface area (Å²) in [6.07, 6.45) is 2.72. The molecule has 1 rings (SSSR count). The number of aryl methyl sites for hydroxylation is 1. The molecule has 0 fully saturated rings. The number of carbonyl (C=O) groups excluding carboxylic acids is 2. The van der Waals surface area contributed by atoms with Crippen LogP contribution in [0.4, 0.5) is 0 Å². The van der Waals surface area contributed by atoms with E-state index in [1.807, 2.05) is 24.6 Å². The Labute approximate surface area is 121 Å². The highest BCUT2D eigenvalue weighted by atomic mass is 79.9. The minimum absolute atomic E-state index is 0.163. The number of rotatable bonds is 6. The van der Waals surface area contributed by atoms with Crippen LogP contribution in [0.5, 0.6) is 0 Å². The van der Waals surface area contributed by atoms with Crippen molar-refractivity contribution in [2.75, 3.05) is 6.54 Å². The first-order valence-electron chi connectivity index (χ1n) is 6.43. The quantitative estimate of drug-likeness (QED) is 0.837. The smallest absolute Gasteiger partial charge is 0.268 e. The molecule has 19 heavy (non-hydrogen) atoms. The van der Waals surface area contributed by atoms with Gasteiger partial charge in [0.05, 0.1) is 0 Å². The van der Waals surface area contributed by atoms with Gasteiger partial charge in [0.1, 0.15) is 11.7 Å². The molecule has 0 aliphatic rings. The molecule has 0 aliphatic heterocycles. The topological polar surface area (TPSA) is 63.1 Å². The van der Waals surface area contributed by atoms with Crippen LogP contribution in [0, 0.1) is 0 Å². The van der Waals surface area contributed by atoms with Crippen molar-refractivity contribution < 1.29 is 9.59 Å². The van der Waals surface area contributed by atoms with Crippen molar-refractivity contribution in [1.29, 1.82) is 0 Å². The summed E-state index contributed by atoms with van der Waals surface area (Å²) >= 11 is 3.34. The number of halogens is 1. The fourth-order valence-electron chi connectivity index (χ4n) is 1.66. The summed E-state index contributed by atoms with van der Waals surface area (Å²) in [5, 5.41) is 5.45. The number of nitrogens with zero attached hydrogens (tertiary/aromatic N) is 1. The van der Waals surface area contributed by atoms with Gasteiger partial charge in [0.15, 0.2) is 0 Å². The molecule has 0 saturated heterocycles. The standard InChI is InChI=1S/C13H20BrN3O2/c1-4-6-15-12(18)9(3)16-13(19)11-7-10(14)8-17(11)5-2/h7-9H,4-6H2,1-3H3,(H,15,18)(H,16,19). The second-order valence-corrected chi connectivity index (χ2v) is 5.23. The minimum Gasteiger partial charge on any atom is -0.354 e. The van der Waals surface area contributed by atoms with Crippen LogP contribution in [0.2, 0.25) is 0 Å². The zero-order valence-corrected chi connectivity index (χ0v) is 13.1. The average Bonchev–Trinajstić information content (AvgIpc) is 2.77. The largest absolute Gasteiger partial charge is 0.354 e. The van der Waals surface area contributed by atoms with Crippen LogP contribution >= 0.6 is 15.9 Å². The SMILES string of the molecule is CCCNC(=O)C(C)NC(=O)c1cc(Br)cn1CC. The Bertz CT molecular complexity index is 457. The van der Waals surface area contributed by atoms with Crippen LogP contribution in [0.25, 0.3) is 0 Å². The monoisotopic (exact) mass is 329 g/mol. The van der Waals surface area contributed by atoms with E-state index in [1.165, 1.54) is 0 Å². The molecule has 0 bridgehead atoms. The van der Waals surface area contributed by atoms with E-state index < -0.39 is 6.04 Å². The molecule has 2 amide bonds. The molecule has 5 nitrogen and oxygen atoms in total. The lowest BCUT2D eigenvalue weighted by molar-refractivity contribution is -0.122. The third-order valence-corrected chi connectivity index (χ3v) is 3.16. The Hall–Kier alpha value is -1.30. The minimum atomic E-state index is -0.543. The zero-order valence-electron chi connectivity index (χ0n) is 11.5. The summed E-state index contributed by atoms with van der Waals surface area (Å²) in [6.45, 7) is 6.94. The van der Waals surface area contributed by atoms with Crippen molar-refractivity contribution in [2.45, 2.75) is 39.8 Å². The van der Waals surface area contributed by atoms with Gasteiger partial charge in [-0.2, -0.15) is 0 Å². The van der Waals surface area contributed by atoms with Crippen LogP contribution in [0.15, 0.2) is 16.7 Å². The Kier molecular flexibility index (Phi) is 6.08. The number of hydrogen-bond acceptors (Lipinski definition) is 2. The number of carbonyl (C=O) groups is 2. The summed E-state index contributed by atoms with van der Waals surface area (Å²) in [5.74, 6) is -0.407. The summed E-state index contributed by atoms with van der Waals surface area (Å²) in [4.78, 5) is 23.8. The molecule has 0 spiro atoms. The second kappa shape index (κ2) is 7.33. The number of amides is 2.